The van der Waals surface area contributed by atoms with Gasteiger partial charge in [-0.05, 0) is 18.9 Å². The first-order valence-corrected chi connectivity index (χ1v) is 4.77. The third-order valence-electron chi connectivity index (χ3n) is 2.42. The van der Waals surface area contributed by atoms with Crippen molar-refractivity contribution in [2.75, 3.05) is 0 Å². The highest BCUT2D eigenvalue weighted by Crippen LogP contribution is 2.25. The second-order valence-electron chi connectivity index (χ2n) is 3.41. The summed E-state index contributed by atoms with van der Waals surface area (Å²) in [7, 11) is 0. The van der Waals surface area contributed by atoms with Crippen molar-refractivity contribution in [3.8, 4) is 0 Å². The molecule has 0 spiro atoms. The average molecular weight is 190 g/mol. The summed E-state index contributed by atoms with van der Waals surface area (Å²) in [5.74, 6) is -0.254. The summed E-state index contributed by atoms with van der Waals surface area (Å²) in [4.78, 5) is 11.5. The zero-order chi connectivity index (χ0) is 9.97. The van der Waals surface area contributed by atoms with E-state index in [9.17, 15) is 9.18 Å². The number of hydrogen-bond acceptors (Lipinski definition) is 1. The maximum absolute atomic E-state index is 13.4. The Bertz CT molecular complexity index is 393. The number of allylic oxidation sites excluding steroid dienone is 2. The molecule has 0 aromatic heterocycles. The van der Waals surface area contributed by atoms with Crippen LogP contribution in [-0.4, -0.2) is 5.78 Å². The highest BCUT2D eigenvalue weighted by molar-refractivity contribution is 6.21. The average Bonchev–Trinajstić information content (AvgIpc) is 2.20. The van der Waals surface area contributed by atoms with Gasteiger partial charge in [0.25, 0.3) is 0 Å². The number of rotatable bonds is 1. The van der Waals surface area contributed by atoms with Gasteiger partial charge >= 0.3 is 0 Å². The molecule has 2 heteroatoms. The van der Waals surface area contributed by atoms with E-state index in [2.05, 4.69) is 0 Å². The fraction of sp³-hybridized carbons (Fsp3) is 0.250. The molecule has 0 radical (unpaired) electrons. The standard InChI is InChI=1S/C12H11FO/c13-11-7-3-1-5-9(11)10-6-2-4-8-12(10)14/h1,3,5-7H,2,4,8H2. The summed E-state index contributed by atoms with van der Waals surface area (Å²) in [6, 6.07) is 6.43. The first kappa shape index (κ1) is 9.13. The Kier molecular flexibility index (Phi) is 2.44. The molecule has 0 N–H and O–H groups in total. The zero-order valence-electron chi connectivity index (χ0n) is 7.79. The van der Waals surface area contributed by atoms with Crippen LogP contribution in [0.25, 0.3) is 5.57 Å². The Morgan fingerprint density at radius 1 is 1.21 bits per heavy atom. The molecule has 1 nitrogen and oxygen atoms in total. The minimum absolute atomic E-state index is 0.0568. The van der Waals surface area contributed by atoms with Crippen molar-refractivity contribution < 1.29 is 9.18 Å². The van der Waals surface area contributed by atoms with Gasteiger partial charge in [0.2, 0.25) is 0 Å². The van der Waals surface area contributed by atoms with Crippen molar-refractivity contribution in [1.29, 1.82) is 0 Å². The summed E-state index contributed by atoms with van der Waals surface area (Å²) in [5.41, 5.74) is 0.992. The van der Waals surface area contributed by atoms with E-state index in [1.54, 1.807) is 18.2 Å². The van der Waals surface area contributed by atoms with Crippen LogP contribution in [0.5, 0.6) is 0 Å². The van der Waals surface area contributed by atoms with E-state index in [-0.39, 0.29) is 11.6 Å². The Hall–Kier alpha value is -1.44. The molecule has 2 rings (SSSR count). The van der Waals surface area contributed by atoms with Crippen LogP contribution in [0.3, 0.4) is 0 Å². The minimum atomic E-state index is -0.311. The molecule has 0 atom stereocenters. The number of carbonyl (C=O) groups excluding carboxylic acids is 1. The predicted octanol–water partition coefficient (Wildman–Crippen LogP) is 2.96. The third-order valence-corrected chi connectivity index (χ3v) is 2.42. The lowest BCUT2D eigenvalue weighted by atomic mass is 9.92. The normalized spacial score (nSPS) is 16.6. The van der Waals surface area contributed by atoms with Gasteiger partial charge in [-0.15, -0.1) is 0 Å². The predicted molar refractivity (Wildman–Crippen MR) is 53.2 cm³/mol. The van der Waals surface area contributed by atoms with Crippen molar-refractivity contribution >= 4 is 11.4 Å². The Balaban J connectivity index is 2.44. The van der Waals surface area contributed by atoms with Crippen LogP contribution < -0.4 is 0 Å². The van der Waals surface area contributed by atoms with Crippen molar-refractivity contribution in [2.45, 2.75) is 19.3 Å². The van der Waals surface area contributed by atoms with E-state index in [0.29, 0.717) is 17.6 Å². The van der Waals surface area contributed by atoms with Gasteiger partial charge in [-0.2, -0.15) is 0 Å². The van der Waals surface area contributed by atoms with Crippen molar-refractivity contribution in [3.63, 3.8) is 0 Å². The number of carbonyl (C=O) groups is 1. The van der Waals surface area contributed by atoms with Crippen molar-refractivity contribution in [2.24, 2.45) is 0 Å². The lowest BCUT2D eigenvalue weighted by Gasteiger charge is -2.12. The molecule has 1 aromatic carbocycles. The Labute approximate surface area is 82.3 Å². The third kappa shape index (κ3) is 1.60. The second kappa shape index (κ2) is 3.74. The van der Waals surface area contributed by atoms with E-state index >= 15 is 0 Å². The van der Waals surface area contributed by atoms with Crippen LogP contribution in [0.1, 0.15) is 24.8 Å². The van der Waals surface area contributed by atoms with E-state index in [1.807, 2.05) is 6.08 Å². The van der Waals surface area contributed by atoms with Crippen LogP contribution in [0.2, 0.25) is 0 Å². The second-order valence-corrected chi connectivity index (χ2v) is 3.41. The van der Waals surface area contributed by atoms with Gasteiger partial charge in [0, 0.05) is 17.6 Å². The molecule has 1 aromatic rings. The quantitative estimate of drug-likeness (QED) is 0.665. The fourth-order valence-corrected chi connectivity index (χ4v) is 1.70. The topological polar surface area (TPSA) is 17.1 Å². The van der Waals surface area contributed by atoms with Crippen LogP contribution in [-0.2, 0) is 4.79 Å². The van der Waals surface area contributed by atoms with Crippen molar-refractivity contribution in [1.82, 2.24) is 0 Å². The Morgan fingerprint density at radius 2 is 2.00 bits per heavy atom. The molecule has 0 saturated heterocycles. The van der Waals surface area contributed by atoms with Crippen LogP contribution in [0.15, 0.2) is 30.3 Å². The van der Waals surface area contributed by atoms with E-state index in [0.717, 1.165) is 12.8 Å². The number of Topliss-reactive ketones (excluding diaryl/α,β-unsaturated/α-hetero) is 1. The van der Waals surface area contributed by atoms with E-state index < -0.39 is 0 Å². The highest BCUT2D eigenvalue weighted by atomic mass is 19.1. The smallest absolute Gasteiger partial charge is 0.163 e. The maximum Gasteiger partial charge on any atom is 0.163 e. The number of ketones is 1. The van der Waals surface area contributed by atoms with E-state index in [1.165, 1.54) is 6.07 Å². The van der Waals surface area contributed by atoms with Crippen LogP contribution >= 0.6 is 0 Å². The van der Waals surface area contributed by atoms with Gasteiger partial charge in [0.1, 0.15) is 5.82 Å². The first-order valence-electron chi connectivity index (χ1n) is 4.77. The molecule has 14 heavy (non-hydrogen) atoms. The molecule has 0 saturated carbocycles. The largest absolute Gasteiger partial charge is 0.294 e. The van der Waals surface area contributed by atoms with Gasteiger partial charge in [0.05, 0.1) is 0 Å². The number of halogens is 1. The van der Waals surface area contributed by atoms with Gasteiger partial charge in [0.15, 0.2) is 5.78 Å². The zero-order valence-corrected chi connectivity index (χ0v) is 7.79. The molecule has 1 aliphatic rings. The lowest BCUT2D eigenvalue weighted by Crippen LogP contribution is -2.07. The SMILES string of the molecule is O=C1CCCC=C1c1ccccc1F. The molecule has 0 bridgehead atoms. The Morgan fingerprint density at radius 3 is 2.71 bits per heavy atom. The molecule has 0 fully saturated rings. The summed E-state index contributed by atoms with van der Waals surface area (Å²) in [6.45, 7) is 0. The molecular weight excluding hydrogens is 179 g/mol. The van der Waals surface area contributed by atoms with E-state index in [4.69, 9.17) is 0 Å². The number of benzene rings is 1. The van der Waals surface area contributed by atoms with Crippen LogP contribution in [0.4, 0.5) is 4.39 Å². The minimum Gasteiger partial charge on any atom is -0.294 e. The van der Waals surface area contributed by atoms with Gasteiger partial charge in [-0.25, -0.2) is 4.39 Å². The van der Waals surface area contributed by atoms with Crippen molar-refractivity contribution in [3.05, 3.63) is 41.7 Å². The summed E-state index contributed by atoms with van der Waals surface area (Å²) < 4.78 is 13.4. The first-order chi connectivity index (χ1) is 6.79. The lowest BCUT2D eigenvalue weighted by molar-refractivity contribution is -0.114. The fourth-order valence-electron chi connectivity index (χ4n) is 1.70. The van der Waals surface area contributed by atoms with Gasteiger partial charge < -0.3 is 0 Å². The molecule has 0 amide bonds. The van der Waals surface area contributed by atoms with Gasteiger partial charge in [-0.3, -0.25) is 4.79 Å². The molecule has 72 valence electrons. The molecule has 0 heterocycles. The highest BCUT2D eigenvalue weighted by Gasteiger charge is 2.17. The summed E-state index contributed by atoms with van der Waals surface area (Å²) in [5, 5.41) is 0. The molecular formula is C12H11FO. The molecule has 0 unspecified atom stereocenters. The number of hydrogen-bond donors (Lipinski definition) is 0. The monoisotopic (exact) mass is 190 g/mol. The summed E-state index contributed by atoms with van der Waals surface area (Å²) >= 11 is 0. The maximum atomic E-state index is 13.4. The molecule has 1 aliphatic carbocycles. The van der Waals surface area contributed by atoms with Gasteiger partial charge in [-0.1, -0.05) is 24.3 Å². The molecule has 0 aliphatic heterocycles. The summed E-state index contributed by atoms with van der Waals surface area (Å²) in [6.07, 6.45) is 4.14. The van der Waals surface area contributed by atoms with Crippen LogP contribution in [0, 0.1) is 5.82 Å².